The SMILES string of the molecule is NNC(=S)Nc1cccc(C(=O)O)c1. The summed E-state index contributed by atoms with van der Waals surface area (Å²) in [6, 6.07) is 6.26. The van der Waals surface area contributed by atoms with Crippen LogP contribution >= 0.6 is 12.2 Å². The van der Waals surface area contributed by atoms with Crippen LogP contribution < -0.4 is 16.6 Å². The lowest BCUT2D eigenvalue weighted by atomic mass is 10.2. The fourth-order valence-electron chi connectivity index (χ4n) is 0.897. The molecule has 0 amide bonds. The molecule has 0 atom stereocenters. The van der Waals surface area contributed by atoms with E-state index in [1.165, 1.54) is 12.1 Å². The molecular formula is C8H9N3O2S. The van der Waals surface area contributed by atoms with Crippen molar-refractivity contribution in [3.05, 3.63) is 29.8 Å². The Morgan fingerprint density at radius 3 is 2.79 bits per heavy atom. The summed E-state index contributed by atoms with van der Waals surface area (Å²) in [4.78, 5) is 10.6. The number of carboxylic acids is 1. The van der Waals surface area contributed by atoms with Crippen LogP contribution in [0.5, 0.6) is 0 Å². The van der Waals surface area contributed by atoms with Gasteiger partial charge >= 0.3 is 5.97 Å². The Labute approximate surface area is 85.9 Å². The highest BCUT2D eigenvalue weighted by Crippen LogP contribution is 2.10. The van der Waals surface area contributed by atoms with Crippen molar-refractivity contribution in [2.45, 2.75) is 0 Å². The molecule has 0 saturated carbocycles. The van der Waals surface area contributed by atoms with E-state index in [0.29, 0.717) is 5.69 Å². The lowest BCUT2D eigenvalue weighted by molar-refractivity contribution is 0.0697. The molecule has 5 nitrogen and oxygen atoms in total. The molecule has 0 bridgehead atoms. The third-order valence-electron chi connectivity index (χ3n) is 1.50. The molecule has 74 valence electrons. The molecule has 1 aromatic rings. The van der Waals surface area contributed by atoms with Crippen LogP contribution in [-0.2, 0) is 0 Å². The number of benzene rings is 1. The molecule has 1 aromatic carbocycles. The van der Waals surface area contributed by atoms with Gasteiger partial charge in [-0.15, -0.1) is 0 Å². The molecule has 0 saturated heterocycles. The van der Waals surface area contributed by atoms with E-state index < -0.39 is 5.97 Å². The lowest BCUT2D eigenvalue weighted by Crippen LogP contribution is -2.34. The van der Waals surface area contributed by atoms with Crippen molar-refractivity contribution in [3.8, 4) is 0 Å². The number of hydrogen-bond acceptors (Lipinski definition) is 3. The van der Waals surface area contributed by atoms with E-state index in [-0.39, 0.29) is 10.7 Å². The smallest absolute Gasteiger partial charge is 0.335 e. The van der Waals surface area contributed by atoms with Crippen molar-refractivity contribution in [2.75, 3.05) is 5.32 Å². The van der Waals surface area contributed by atoms with Crippen LogP contribution in [0.4, 0.5) is 5.69 Å². The van der Waals surface area contributed by atoms with Gasteiger partial charge in [-0.2, -0.15) is 0 Å². The predicted octanol–water partition coefficient (Wildman–Crippen LogP) is 0.545. The molecule has 1 rings (SSSR count). The van der Waals surface area contributed by atoms with E-state index >= 15 is 0 Å². The molecule has 0 aliphatic carbocycles. The lowest BCUT2D eigenvalue weighted by Gasteiger charge is -2.06. The van der Waals surface area contributed by atoms with Gasteiger partial charge in [0.15, 0.2) is 5.11 Å². The second kappa shape index (κ2) is 4.54. The minimum Gasteiger partial charge on any atom is -0.478 e. The highest BCUT2D eigenvalue weighted by atomic mass is 32.1. The molecule has 0 fully saturated rings. The maximum absolute atomic E-state index is 10.6. The van der Waals surface area contributed by atoms with Crippen LogP contribution in [0.3, 0.4) is 0 Å². The van der Waals surface area contributed by atoms with E-state index in [9.17, 15) is 4.79 Å². The summed E-state index contributed by atoms with van der Waals surface area (Å²) in [6.07, 6.45) is 0. The number of rotatable bonds is 2. The Morgan fingerprint density at radius 2 is 2.21 bits per heavy atom. The highest BCUT2D eigenvalue weighted by Gasteiger charge is 2.03. The zero-order valence-corrected chi connectivity index (χ0v) is 7.97. The van der Waals surface area contributed by atoms with Gasteiger partial charge in [-0.25, -0.2) is 10.6 Å². The average Bonchev–Trinajstić information content (AvgIpc) is 2.18. The van der Waals surface area contributed by atoms with Crippen molar-refractivity contribution < 1.29 is 9.90 Å². The number of aromatic carboxylic acids is 1. The van der Waals surface area contributed by atoms with Crippen molar-refractivity contribution in [2.24, 2.45) is 5.84 Å². The molecule has 0 aliphatic heterocycles. The second-order valence-corrected chi connectivity index (χ2v) is 2.89. The largest absolute Gasteiger partial charge is 0.478 e. The van der Waals surface area contributed by atoms with Gasteiger partial charge in [0.2, 0.25) is 0 Å². The number of carbonyl (C=O) groups is 1. The molecule has 14 heavy (non-hydrogen) atoms. The van der Waals surface area contributed by atoms with Gasteiger partial charge in [0.1, 0.15) is 0 Å². The van der Waals surface area contributed by atoms with E-state index in [1.54, 1.807) is 12.1 Å². The number of nitrogens with one attached hydrogen (secondary N) is 2. The molecule has 0 spiro atoms. The Morgan fingerprint density at radius 1 is 1.50 bits per heavy atom. The second-order valence-electron chi connectivity index (χ2n) is 2.48. The maximum atomic E-state index is 10.6. The molecular weight excluding hydrogens is 202 g/mol. The van der Waals surface area contributed by atoms with Crippen LogP contribution in [0.15, 0.2) is 24.3 Å². The molecule has 0 aromatic heterocycles. The minimum atomic E-state index is -0.986. The van der Waals surface area contributed by atoms with Crippen LogP contribution in [0.2, 0.25) is 0 Å². The minimum absolute atomic E-state index is 0.190. The van der Waals surface area contributed by atoms with Gasteiger partial charge in [-0.05, 0) is 30.4 Å². The van der Waals surface area contributed by atoms with Crippen LogP contribution in [0.25, 0.3) is 0 Å². The number of thiocarbonyl (C=S) groups is 1. The summed E-state index contributed by atoms with van der Waals surface area (Å²) < 4.78 is 0. The normalized spacial score (nSPS) is 9.21. The number of hydrogen-bond donors (Lipinski definition) is 4. The Bertz CT molecular complexity index is 367. The third kappa shape index (κ3) is 2.68. The standard InChI is InChI=1S/C8H9N3O2S/c9-11-8(14)10-6-3-1-2-5(4-6)7(12)13/h1-4H,9H2,(H,12,13)(H2,10,11,14). The van der Waals surface area contributed by atoms with E-state index in [1.807, 2.05) is 0 Å². The Balaban J connectivity index is 2.83. The van der Waals surface area contributed by atoms with E-state index in [0.717, 1.165) is 0 Å². The zero-order chi connectivity index (χ0) is 10.6. The number of hydrazine groups is 1. The van der Waals surface area contributed by atoms with Gasteiger partial charge in [0, 0.05) is 5.69 Å². The molecule has 0 heterocycles. The first-order valence-electron chi connectivity index (χ1n) is 3.74. The number of carboxylic acid groups (broad SMARTS) is 1. The summed E-state index contributed by atoms with van der Waals surface area (Å²) in [5.74, 6) is 4.06. The van der Waals surface area contributed by atoms with Crippen LogP contribution in [-0.4, -0.2) is 16.2 Å². The number of nitrogens with two attached hydrogens (primary N) is 1. The molecule has 5 N–H and O–H groups in total. The summed E-state index contributed by atoms with van der Waals surface area (Å²) in [5.41, 5.74) is 3.00. The first-order valence-corrected chi connectivity index (χ1v) is 4.15. The Hall–Kier alpha value is -1.66. The van der Waals surface area contributed by atoms with E-state index in [2.05, 4.69) is 10.7 Å². The van der Waals surface area contributed by atoms with Gasteiger partial charge in [0.25, 0.3) is 0 Å². The fourth-order valence-corrected chi connectivity index (χ4v) is 1.02. The summed E-state index contributed by atoms with van der Waals surface area (Å²) in [5, 5.41) is 11.6. The van der Waals surface area contributed by atoms with Crippen molar-refractivity contribution in [1.29, 1.82) is 0 Å². The fraction of sp³-hybridized carbons (Fsp3) is 0. The quantitative estimate of drug-likeness (QED) is 0.324. The summed E-state index contributed by atoms with van der Waals surface area (Å²) in [7, 11) is 0. The maximum Gasteiger partial charge on any atom is 0.335 e. The number of anilines is 1. The van der Waals surface area contributed by atoms with Crippen molar-refractivity contribution in [3.63, 3.8) is 0 Å². The third-order valence-corrected chi connectivity index (χ3v) is 1.72. The first-order chi connectivity index (χ1) is 6.63. The van der Waals surface area contributed by atoms with Crippen LogP contribution in [0.1, 0.15) is 10.4 Å². The summed E-state index contributed by atoms with van der Waals surface area (Å²) >= 11 is 4.75. The van der Waals surface area contributed by atoms with Gasteiger partial charge < -0.3 is 15.8 Å². The monoisotopic (exact) mass is 211 g/mol. The van der Waals surface area contributed by atoms with Gasteiger partial charge in [-0.1, -0.05) is 6.07 Å². The molecule has 0 unspecified atom stereocenters. The van der Waals surface area contributed by atoms with Gasteiger partial charge in [-0.3, -0.25) is 0 Å². The van der Waals surface area contributed by atoms with Crippen LogP contribution in [0, 0.1) is 0 Å². The van der Waals surface area contributed by atoms with E-state index in [4.69, 9.17) is 23.2 Å². The highest BCUT2D eigenvalue weighted by molar-refractivity contribution is 7.80. The topological polar surface area (TPSA) is 87.4 Å². The van der Waals surface area contributed by atoms with Crippen molar-refractivity contribution in [1.82, 2.24) is 5.43 Å². The summed E-state index contributed by atoms with van der Waals surface area (Å²) in [6.45, 7) is 0. The van der Waals surface area contributed by atoms with Crippen molar-refractivity contribution >= 4 is 29.0 Å². The average molecular weight is 211 g/mol. The first kappa shape index (κ1) is 10.4. The predicted molar refractivity (Wildman–Crippen MR) is 56.9 cm³/mol. The molecule has 6 heteroatoms. The Kier molecular flexibility index (Phi) is 3.38. The van der Waals surface area contributed by atoms with Gasteiger partial charge in [0.05, 0.1) is 5.56 Å². The molecule has 0 radical (unpaired) electrons. The zero-order valence-electron chi connectivity index (χ0n) is 7.15. The molecule has 0 aliphatic rings.